The topological polar surface area (TPSA) is 88.5 Å². The fraction of sp³-hybridized carbons (Fsp3) is 0.476. The SMILES string of the molecule is CN=C(NCc1nccn1CCc1ccccc1)N1CCCC(CC(N)=O)C1. The van der Waals surface area contributed by atoms with Gasteiger partial charge in [0.25, 0.3) is 0 Å². The fourth-order valence-corrected chi connectivity index (χ4v) is 3.80. The van der Waals surface area contributed by atoms with E-state index in [1.165, 1.54) is 5.56 Å². The van der Waals surface area contributed by atoms with Crippen LogP contribution in [0.4, 0.5) is 0 Å². The van der Waals surface area contributed by atoms with Crippen LogP contribution in [0.15, 0.2) is 47.7 Å². The first-order valence-corrected chi connectivity index (χ1v) is 9.93. The minimum atomic E-state index is -0.227. The van der Waals surface area contributed by atoms with E-state index >= 15 is 0 Å². The number of imidazole rings is 1. The van der Waals surface area contributed by atoms with Gasteiger partial charge in [0.15, 0.2) is 5.96 Å². The van der Waals surface area contributed by atoms with Crippen LogP contribution in [-0.2, 0) is 24.3 Å². The summed E-state index contributed by atoms with van der Waals surface area (Å²) in [6.07, 6.45) is 7.36. The lowest BCUT2D eigenvalue weighted by Gasteiger charge is -2.34. The summed E-state index contributed by atoms with van der Waals surface area (Å²) in [7, 11) is 1.79. The Morgan fingerprint density at radius 3 is 2.93 bits per heavy atom. The monoisotopic (exact) mass is 382 g/mol. The third kappa shape index (κ3) is 5.58. The molecule has 28 heavy (non-hydrogen) atoms. The Morgan fingerprint density at radius 2 is 2.18 bits per heavy atom. The van der Waals surface area contributed by atoms with Gasteiger partial charge in [-0.3, -0.25) is 9.79 Å². The molecule has 0 saturated carbocycles. The second kappa shape index (κ2) is 9.92. The molecule has 0 spiro atoms. The van der Waals surface area contributed by atoms with E-state index in [-0.39, 0.29) is 5.91 Å². The van der Waals surface area contributed by atoms with Crippen molar-refractivity contribution < 1.29 is 4.79 Å². The molecule has 1 aromatic heterocycles. The summed E-state index contributed by atoms with van der Waals surface area (Å²) < 4.78 is 2.18. The van der Waals surface area contributed by atoms with Crippen LogP contribution in [0, 0.1) is 5.92 Å². The number of hydrogen-bond acceptors (Lipinski definition) is 3. The zero-order chi connectivity index (χ0) is 19.8. The van der Waals surface area contributed by atoms with Crippen molar-refractivity contribution in [2.24, 2.45) is 16.6 Å². The van der Waals surface area contributed by atoms with Gasteiger partial charge in [-0.2, -0.15) is 0 Å². The standard InChI is InChI=1S/C21H30N6O/c1-23-21(27-11-5-8-18(16-27)14-19(22)28)25-15-20-24-10-13-26(20)12-9-17-6-3-2-4-7-17/h2-4,6-7,10,13,18H,5,8-9,11-12,14-16H2,1H3,(H2,22,28)(H,23,25). The van der Waals surface area contributed by atoms with Crippen molar-refractivity contribution in [2.45, 2.75) is 38.8 Å². The van der Waals surface area contributed by atoms with E-state index in [1.807, 2.05) is 18.5 Å². The number of amides is 1. The third-order valence-electron chi connectivity index (χ3n) is 5.21. The molecule has 1 fully saturated rings. The maximum absolute atomic E-state index is 11.2. The maximum Gasteiger partial charge on any atom is 0.217 e. The molecule has 3 N–H and O–H groups in total. The number of aryl methyl sites for hydroxylation is 2. The second-order valence-electron chi connectivity index (χ2n) is 7.30. The van der Waals surface area contributed by atoms with Crippen molar-refractivity contribution in [2.75, 3.05) is 20.1 Å². The molecule has 2 heterocycles. The molecule has 0 bridgehead atoms. The van der Waals surface area contributed by atoms with Gasteiger partial charge in [0.2, 0.25) is 5.91 Å². The van der Waals surface area contributed by atoms with Gasteiger partial charge in [0.1, 0.15) is 5.82 Å². The Morgan fingerprint density at radius 1 is 1.36 bits per heavy atom. The molecular weight excluding hydrogens is 352 g/mol. The summed E-state index contributed by atoms with van der Waals surface area (Å²) in [5.74, 6) is 1.92. The lowest BCUT2D eigenvalue weighted by Crippen LogP contribution is -2.47. The molecular formula is C21H30N6O. The second-order valence-corrected chi connectivity index (χ2v) is 7.30. The van der Waals surface area contributed by atoms with Crippen LogP contribution in [0.1, 0.15) is 30.7 Å². The summed E-state index contributed by atoms with van der Waals surface area (Å²) in [6, 6.07) is 10.5. The Balaban J connectivity index is 1.54. The molecule has 150 valence electrons. The highest BCUT2D eigenvalue weighted by Crippen LogP contribution is 2.19. The highest BCUT2D eigenvalue weighted by molar-refractivity contribution is 5.80. The Labute approximate surface area is 166 Å². The molecule has 7 heteroatoms. The van der Waals surface area contributed by atoms with Crippen molar-refractivity contribution in [3.8, 4) is 0 Å². The van der Waals surface area contributed by atoms with Crippen LogP contribution < -0.4 is 11.1 Å². The fourth-order valence-electron chi connectivity index (χ4n) is 3.80. The molecule has 1 aliphatic rings. The summed E-state index contributed by atoms with van der Waals surface area (Å²) in [5, 5.41) is 3.43. The van der Waals surface area contributed by atoms with Crippen LogP contribution in [0.5, 0.6) is 0 Å². The number of primary amides is 1. The van der Waals surface area contributed by atoms with Gasteiger partial charge in [0, 0.05) is 45.5 Å². The zero-order valence-corrected chi connectivity index (χ0v) is 16.6. The third-order valence-corrected chi connectivity index (χ3v) is 5.21. The molecule has 1 unspecified atom stereocenters. The Hall–Kier alpha value is -2.83. The van der Waals surface area contributed by atoms with Gasteiger partial charge in [0.05, 0.1) is 6.54 Å². The predicted molar refractivity (Wildman–Crippen MR) is 111 cm³/mol. The summed E-state index contributed by atoms with van der Waals surface area (Å²) >= 11 is 0. The van der Waals surface area contributed by atoms with Crippen LogP contribution in [0.25, 0.3) is 0 Å². The summed E-state index contributed by atoms with van der Waals surface area (Å²) in [6.45, 7) is 3.26. The summed E-state index contributed by atoms with van der Waals surface area (Å²) in [4.78, 5) is 22.4. The number of likely N-dealkylation sites (tertiary alicyclic amines) is 1. The van der Waals surface area contributed by atoms with Crippen molar-refractivity contribution in [1.82, 2.24) is 19.8 Å². The van der Waals surface area contributed by atoms with Crippen molar-refractivity contribution in [3.05, 3.63) is 54.1 Å². The van der Waals surface area contributed by atoms with Gasteiger partial charge in [-0.1, -0.05) is 30.3 Å². The smallest absolute Gasteiger partial charge is 0.217 e. The van der Waals surface area contributed by atoms with Crippen LogP contribution in [-0.4, -0.2) is 46.5 Å². The molecule has 0 radical (unpaired) electrons. The quantitative estimate of drug-likeness (QED) is 0.564. The highest BCUT2D eigenvalue weighted by Gasteiger charge is 2.23. The van der Waals surface area contributed by atoms with E-state index in [9.17, 15) is 4.79 Å². The van der Waals surface area contributed by atoms with E-state index in [4.69, 9.17) is 5.73 Å². The first-order chi connectivity index (χ1) is 13.7. The average molecular weight is 383 g/mol. The van der Waals surface area contributed by atoms with Gasteiger partial charge >= 0.3 is 0 Å². The van der Waals surface area contributed by atoms with Gasteiger partial charge < -0.3 is 20.5 Å². The number of carbonyl (C=O) groups excluding carboxylic acids is 1. The molecule has 2 aromatic rings. The minimum Gasteiger partial charge on any atom is -0.370 e. The van der Waals surface area contributed by atoms with Crippen LogP contribution >= 0.6 is 0 Å². The molecule has 1 aliphatic heterocycles. The van der Waals surface area contributed by atoms with E-state index in [0.717, 1.165) is 50.7 Å². The molecule has 7 nitrogen and oxygen atoms in total. The van der Waals surface area contributed by atoms with E-state index in [1.54, 1.807) is 7.05 Å². The lowest BCUT2D eigenvalue weighted by atomic mass is 9.95. The number of nitrogens with zero attached hydrogens (tertiary/aromatic N) is 4. The number of guanidine groups is 1. The first kappa shape index (κ1) is 19.9. The van der Waals surface area contributed by atoms with Gasteiger partial charge in [-0.05, 0) is 30.7 Å². The molecule has 1 amide bonds. The van der Waals surface area contributed by atoms with E-state index < -0.39 is 0 Å². The Bertz CT molecular complexity index is 785. The molecule has 1 saturated heterocycles. The normalized spacial score (nSPS) is 17.5. The van der Waals surface area contributed by atoms with Gasteiger partial charge in [-0.25, -0.2) is 4.98 Å². The molecule has 1 aromatic carbocycles. The van der Waals surface area contributed by atoms with Crippen molar-refractivity contribution >= 4 is 11.9 Å². The molecule has 0 aliphatic carbocycles. The molecule has 1 atom stereocenters. The lowest BCUT2D eigenvalue weighted by molar-refractivity contribution is -0.119. The number of piperidine rings is 1. The number of hydrogen-bond donors (Lipinski definition) is 2. The van der Waals surface area contributed by atoms with Crippen molar-refractivity contribution in [1.29, 1.82) is 0 Å². The number of aromatic nitrogens is 2. The first-order valence-electron chi connectivity index (χ1n) is 9.93. The highest BCUT2D eigenvalue weighted by atomic mass is 16.1. The number of rotatable bonds is 7. The summed E-state index contributed by atoms with van der Waals surface area (Å²) in [5.41, 5.74) is 6.69. The predicted octanol–water partition coefficient (Wildman–Crippen LogP) is 1.79. The minimum absolute atomic E-state index is 0.227. The number of benzene rings is 1. The average Bonchev–Trinajstić information content (AvgIpc) is 3.15. The number of nitrogens with two attached hydrogens (primary N) is 1. The Kier molecular flexibility index (Phi) is 7.06. The number of nitrogens with one attached hydrogen (secondary N) is 1. The van der Waals surface area contributed by atoms with Crippen LogP contribution in [0.3, 0.4) is 0 Å². The number of aliphatic imine (C=N–C) groups is 1. The number of carbonyl (C=O) groups is 1. The largest absolute Gasteiger partial charge is 0.370 e. The van der Waals surface area contributed by atoms with E-state index in [2.05, 4.69) is 49.0 Å². The van der Waals surface area contributed by atoms with E-state index in [0.29, 0.717) is 18.9 Å². The zero-order valence-electron chi connectivity index (χ0n) is 16.6. The van der Waals surface area contributed by atoms with Crippen molar-refractivity contribution in [3.63, 3.8) is 0 Å². The van der Waals surface area contributed by atoms with Gasteiger partial charge in [-0.15, -0.1) is 0 Å². The molecule has 3 rings (SSSR count). The van der Waals surface area contributed by atoms with Crippen LogP contribution in [0.2, 0.25) is 0 Å². The maximum atomic E-state index is 11.2.